The highest BCUT2D eigenvalue weighted by Gasteiger charge is 2.27. The van der Waals surface area contributed by atoms with Crippen molar-refractivity contribution in [1.29, 1.82) is 0 Å². The number of amides is 1. The van der Waals surface area contributed by atoms with Crippen LogP contribution in [0.2, 0.25) is 0 Å². The molecule has 0 aliphatic rings. The topological polar surface area (TPSA) is 59.5 Å². The lowest BCUT2D eigenvalue weighted by Crippen LogP contribution is -2.46. The average Bonchev–Trinajstić information content (AvgIpc) is 2.63. The maximum atomic E-state index is 12.7. The van der Waals surface area contributed by atoms with Gasteiger partial charge in [0.05, 0.1) is 5.56 Å². The van der Waals surface area contributed by atoms with Crippen molar-refractivity contribution in [3.05, 3.63) is 59.8 Å². The molecule has 0 spiro atoms. The molecule has 0 N–H and O–H groups in total. The summed E-state index contributed by atoms with van der Waals surface area (Å²) in [5.41, 5.74) is 1.01. The van der Waals surface area contributed by atoms with Crippen LogP contribution in [0, 0.1) is 0 Å². The van der Waals surface area contributed by atoms with Gasteiger partial charge in [-0.2, -0.15) is 0 Å². The van der Waals surface area contributed by atoms with Crippen molar-refractivity contribution >= 4 is 23.6 Å². The van der Waals surface area contributed by atoms with Crippen molar-refractivity contribution in [3.8, 4) is 0 Å². The standard InChI is InChI=1S/C20H24N2O3S/c1-20(2,3)22(13-15-9-6-5-7-10-15)17(23)14-25-19(24)16-11-8-12-21-18(16)26-4/h5-12H,13-14H2,1-4H3. The zero-order chi connectivity index (χ0) is 19.2. The summed E-state index contributed by atoms with van der Waals surface area (Å²) in [7, 11) is 0. The highest BCUT2D eigenvalue weighted by Crippen LogP contribution is 2.20. The van der Waals surface area contributed by atoms with Crippen molar-refractivity contribution in [2.75, 3.05) is 12.9 Å². The zero-order valence-electron chi connectivity index (χ0n) is 15.6. The van der Waals surface area contributed by atoms with Gasteiger partial charge in [-0.15, -0.1) is 11.8 Å². The van der Waals surface area contributed by atoms with Crippen molar-refractivity contribution in [2.24, 2.45) is 0 Å². The average molecular weight is 372 g/mol. The fourth-order valence-electron chi connectivity index (χ4n) is 2.46. The van der Waals surface area contributed by atoms with Crippen molar-refractivity contribution in [1.82, 2.24) is 9.88 Å². The Morgan fingerprint density at radius 1 is 1.12 bits per heavy atom. The lowest BCUT2D eigenvalue weighted by molar-refractivity contribution is -0.140. The molecular formula is C20H24N2O3S. The highest BCUT2D eigenvalue weighted by atomic mass is 32.2. The fraction of sp³-hybridized carbons (Fsp3) is 0.350. The van der Waals surface area contributed by atoms with Gasteiger partial charge in [0.2, 0.25) is 0 Å². The molecule has 2 rings (SSSR count). The van der Waals surface area contributed by atoms with Gasteiger partial charge in [0.1, 0.15) is 5.03 Å². The van der Waals surface area contributed by atoms with Crippen LogP contribution in [0.4, 0.5) is 0 Å². The number of thioether (sulfide) groups is 1. The number of carbonyl (C=O) groups excluding carboxylic acids is 2. The summed E-state index contributed by atoms with van der Waals surface area (Å²) in [5.74, 6) is -0.770. The van der Waals surface area contributed by atoms with E-state index in [1.165, 1.54) is 11.8 Å². The molecule has 0 atom stereocenters. The molecule has 0 radical (unpaired) electrons. The van der Waals surface area contributed by atoms with Gasteiger partial charge < -0.3 is 9.64 Å². The lowest BCUT2D eigenvalue weighted by atomic mass is 10.0. The van der Waals surface area contributed by atoms with Gasteiger partial charge in [0.15, 0.2) is 6.61 Å². The van der Waals surface area contributed by atoms with Crippen LogP contribution in [-0.4, -0.2) is 40.2 Å². The molecule has 6 heteroatoms. The summed E-state index contributed by atoms with van der Waals surface area (Å²) in [5, 5.41) is 0.585. The Labute approximate surface area is 158 Å². The molecule has 5 nitrogen and oxygen atoms in total. The van der Waals surface area contributed by atoms with Crippen LogP contribution in [0.5, 0.6) is 0 Å². The third-order valence-electron chi connectivity index (χ3n) is 3.81. The van der Waals surface area contributed by atoms with E-state index >= 15 is 0 Å². The predicted octanol–water partition coefficient (Wildman–Crippen LogP) is 3.79. The molecule has 0 bridgehead atoms. The van der Waals surface area contributed by atoms with Gasteiger partial charge in [-0.05, 0) is 44.7 Å². The van der Waals surface area contributed by atoms with E-state index in [1.54, 1.807) is 23.2 Å². The number of benzene rings is 1. The van der Waals surface area contributed by atoms with E-state index < -0.39 is 11.5 Å². The minimum Gasteiger partial charge on any atom is -0.452 e. The molecular weight excluding hydrogens is 348 g/mol. The molecule has 0 saturated carbocycles. The Morgan fingerprint density at radius 3 is 2.42 bits per heavy atom. The molecule has 0 aliphatic heterocycles. The first kappa shape index (κ1) is 20.0. The van der Waals surface area contributed by atoms with Gasteiger partial charge in [0, 0.05) is 18.3 Å². The summed E-state index contributed by atoms with van der Waals surface area (Å²) in [6.45, 7) is 6.04. The smallest absolute Gasteiger partial charge is 0.341 e. The zero-order valence-corrected chi connectivity index (χ0v) is 16.4. The maximum Gasteiger partial charge on any atom is 0.341 e. The molecule has 0 aliphatic carbocycles. The molecule has 0 unspecified atom stereocenters. The Kier molecular flexibility index (Phi) is 6.80. The van der Waals surface area contributed by atoms with Crippen LogP contribution in [0.1, 0.15) is 36.7 Å². The number of carbonyl (C=O) groups is 2. The molecule has 1 heterocycles. The van der Waals surface area contributed by atoms with E-state index in [2.05, 4.69) is 4.98 Å². The minimum absolute atomic E-state index is 0.232. The second-order valence-electron chi connectivity index (χ2n) is 6.77. The maximum absolute atomic E-state index is 12.7. The van der Waals surface area contributed by atoms with E-state index in [0.717, 1.165) is 5.56 Å². The molecule has 0 fully saturated rings. The van der Waals surface area contributed by atoms with Crippen LogP contribution < -0.4 is 0 Å². The number of pyridine rings is 1. The second kappa shape index (κ2) is 8.85. The molecule has 2 aromatic rings. The SMILES string of the molecule is CSc1ncccc1C(=O)OCC(=O)N(Cc1ccccc1)C(C)(C)C. The summed E-state index contributed by atoms with van der Waals surface area (Å²) >= 11 is 1.36. The van der Waals surface area contributed by atoms with Crippen molar-refractivity contribution in [3.63, 3.8) is 0 Å². The molecule has 1 aromatic carbocycles. The van der Waals surface area contributed by atoms with E-state index in [0.29, 0.717) is 17.1 Å². The Bertz CT molecular complexity index is 757. The number of hydrogen-bond acceptors (Lipinski definition) is 5. The van der Waals surface area contributed by atoms with Gasteiger partial charge >= 0.3 is 5.97 Å². The summed E-state index contributed by atoms with van der Waals surface area (Å²) < 4.78 is 5.26. The minimum atomic E-state index is -0.538. The van der Waals surface area contributed by atoms with E-state index in [1.807, 2.05) is 57.4 Å². The first-order valence-electron chi connectivity index (χ1n) is 8.33. The van der Waals surface area contributed by atoms with Gasteiger partial charge in [-0.25, -0.2) is 9.78 Å². The molecule has 1 amide bonds. The third-order valence-corrected chi connectivity index (χ3v) is 4.52. The Balaban J connectivity index is 2.06. The quantitative estimate of drug-likeness (QED) is 0.570. The highest BCUT2D eigenvalue weighted by molar-refractivity contribution is 7.98. The van der Waals surface area contributed by atoms with Gasteiger partial charge in [0.25, 0.3) is 5.91 Å². The number of nitrogens with zero attached hydrogens (tertiary/aromatic N) is 2. The first-order valence-corrected chi connectivity index (χ1v) is 9.56. The number of hydrogen-bond donors (Lipinski definition) is 0. The molecule has 138 valence electrons. The first-order chi connectivity index (χ1) is 12.3. The van der Waals surface area contributed by atoms with Crippen molar-refractivity contribution in [2.45, 2.75) is 37.9 Å². The van der Waals surface area contributed by atoms with Gasteiger partial charge in [-0.3, -0.25) is 4.79 Å². The van der Waals surface area contributed by atoms with Crippen LogP contribution in [0.15, 0.2) is 53.7 Å². The molecule has 1 aromatic heterocycles. The fourth-order valence-corrected chi connectivity index (χ4v) is 2.99. The van der Waals surface area contributed by atoms with E-state index in [-0.39, 0.29) is 12.5 Å². The number of ether oxygens (including phenoxy) is 1. The van der Waals surface area contributed by atoms with E-state index in [4.69, 9.17) is 4.74 Å². The number of aromatic nitrogens is 1. The number of rotatable bonds is 6. The third kappa shape index (κ3) is 5.33. The largest absolute Gasteiger partial charge is 0.452 e. The predicted molar refractivity (Wildman–Crippen MR) is 103 cm³/mol. The Morgan fingerprint density at radius 2 is 1.81 bits per heavy atom. The summed E-state index contributed by atoms with van der Waals surface area (Å²) in [4.78, 5) is 30.9. The summed E-state index contributed by atoms with van der Waals surface area (Å²) in [6, 6.07) is 13.1. The molecule has 26 heavy (non-hydrogen) atoms. The molecule has 0 saturated heterocycles. The van der Waals surface area contributed by atoms with Crippen LogP contribution in [-0.2, 0) is 16.1 Å². The van der Waals surface area contributed by atoms with Crippen LogP contribution >= 0.6 is 11.8 Å². The van der Waals surface area contributed by atoms with Crippen LogP contribution in [0.3, 0.4) is 0 Å². The second-order valence-corrected chi connectivity index (χ2v) is 7.57. The number of esters is 1. The van der Waals surface area contributed by atoms with Gasteiger partial charge in [-0.1, -0.05) is 30.3 Å². The van der Waals surface area contributed by atoms with Crippen LogP contribution in [0.25, 0.3) is 0 Å². The summed E-state index contributed by atoms with van der Waals surface area (Å²) in [6.07, 6.45) is 3.46. The monoisotopic (exact) mass is 372 g/mol. The lowest BCUT2D eigenvalue weighted by Gasteiger charge is -2.35. The Hall–Kier alpha value is -2.34. The van der Waals surface area contributed by atoms with E-state index in [9.17, 15) is 9.59 Å². The van der Waals surface area contributed by atoms with Crippen molar-refractivity contribution < 1.29 is 14.3 Å². The normalized spacial score (nSPS) is 11.1.